The zero-order valence-electron chi connectivity index (χ0n) is 11.4. The van der Waals surface area contributed by atoms with Gasteiger partial charge in [0.25, 0.3) is 0 Å². The number of hydrogen-bond acceptors (Lipinski definition) is 2. The third-order valence-electron chi connectivity index (χ3n) is 3.31. The summed E-state index contributed by atoms with van der Waals surface area (Å²) in [6.45, 7) is 2.02. The number of benzene rings is 2. The maximum atomic E-state index is 11.9. The number of nitrogens with one attached hydrogen (secondary N) is 1. The van der Waals surface area contributed by atoms with E-state index in [0.717, 1.165) is 29.8 Å². The summed E-state index contributed by atoms with van der Waals surface area (Å²) in [7, 11) is 0. The van der Waals surface area contributed by atoms with Crippen molar-refractivity contribution in [2.75, 3.05) is 5.32 Å². The molecule has 1 aliphatic rings. The van der Waals surface area contributed by atoms with Crippen molar-refractivity contribution in [3.63, 3.8) is 0 Å². The second kappa shape index (κ2) is 5.37. The van der Waals surface area contributed by atoms with Gasteiger partial charge in [-0.3, -0.25) is 4.79 Å². The van der Waals surface area contributed by atoms with E-state index < -0.39 is 0 Å². The fraction of sp³-hybridized carbons (Fsp3) is 0.235. The molecule has 0 heterocycles. The quantitative estimate of drug-likeness (QED) is 0.904. The minimum absolute atomic E-state index is 0.0882. The zero-order chi connectivity index (χ0) is 13.9. The van der Waals surface area contributed by atoms with Crippen LogP contribution < -0.4 is 10.1 Å². The van der Waals surface area contributed by atoms with E-state index in [-0.39, 0.29) is 11.8 Å². The highest BCUT2D eigenvalue weighted by Gasteiger charge is 2.30. The molecule has 0 unspecified atom stereocenters. The Bertz CT molecular complexity index is 632. The summed E-state index contributed by atoms with van der Waals surface area (Å²) >= 11 is 0. The molecule has 1 aliphatic carbocycles. The summed E-state index contributed by atoms with van der Waals surface area (Å²) in [5, 5.41) is 2.94. The van der Waals surface area contributed by atoms with Gasteiger partial charge in [0.05, 0.1) is 5.69 Å². The van der Waals surface area contributed by atoms with Crippen molar-refractivity contribution in [1.29, 1.82) is 0 Å². The number of anilines is 1. The number of rotatable bonds is 4. The number of aryl methyl sites for hydroxylation is 1. The van der Waals surface area contributed by atoms with Gasteiger partial charge >= 0.3 is 0 Å². The van der Waals surface area contributed by atoms with Gasteiger partial charge in [-0.05, 0) is 49.6 Å². The van der Waals surface area contributed by atoms with E-state index in [1.165, 1.54) is 0 Å². The fourth-order valence-corrected chi connectivity index (χ4v) is 2.05. The summed E-state index contributed by atoms with van der Waals surface area (Å²) in [5.41, 5.74) is 1.87. The molecule has 0 saturated heterocycles. The molecule has 102 valence electrons. The van der Waals surface area contributed by atoms with Gasteiger partial charge in [0.15, 0.2) is 5.75 Å². The van der Waals surface area contributed by atoms with Crippen molar-refractivity contribution >= 4 is 11.6 Å². The molecule has 0 aliphatic heterocycles. The molecular weight excluding hydrogens is 250 g/mol. The number of carbonyl (C=O) groups excluding carboxylic acids is 1. The summed E-state index contributed by atoms with van der Waals surface area (Å²) < 4.78 is 5.88. The van der Waals surface area contributed by atoms with Crippen molar-refractivity contribution < 1.29 is 9.53 Å². The van der Waals surface area contributed by atoms with E-state index in [9.17, 15) is 4.79 Å². The molecule has 0 radical (unpaired) electrons. The first-order valence-electron chi connectivity index (χ1n) is 6.87. The number of carbonyl (C=O) groups is 1. The van der Waals surface area contributed by atoms with E-state index in [0.29, 0.717) is 5.75 Å². The monoisotopic (exact) mass is 267 g/mol. The first kappa shape index (κ1) is 12.7. The van der Waals surface area contributed by atoms with Gasteiger partial charge < -0.3 is 10.1 Å². The van der Waals surface area contributed by atoms with Crippen LogP contribution >= 0.6 is 0 Å². The van der Waals surface area contributed by atoms with E-state index in [4.69, 9.17) is 4.74 Å². The maximum Gasteiger partial charge on any atom is 0.227 e. The van der Waals surface area contributed by atoms with Gasteiger partial charge in [0.1, 0.15) is 5.75 Å². The molecule has 20 heavy (non-hydrogen) atoms. The lowest BCUT2D eigenvalue weighted by atomic mass is 10.2. The SMILES string of the molecule is Cc1cccc(Oc2ccccc2NC(=O)C2CC2)c1. The Kier molecular flexibility index (Phi) is 3.42. The van der Waals surface area contributed by atoms with Gasteiger partial charge in [-0.15, -0.1) is 0 Å². The lowest BCUT2D eigenvalue weighted by Gasteiger charge is -2.12. The number of hydrogen-bond donors (Lipinski definition) is 1. The standard InChI is InChI=1S/C17H17NO2/c1-12-5-4-6-14(11-12)20-16-8-3-2-7-15(16)18-17(19)13-9-10-13/h2-8,11,13H,9-10H2,1H3,(H,18,19). The van der Waals surface area contributed by atoms with E-state index in [2.05, 4.69) is 5.32 Å². The Morgan fingerprint density at radius 1 is 1.15 bits per heavy atom. The molecule has 0 aromatic heterocycles. The summed E-state index contributed by atoms with van der Waals surface area (Å²) in [6.07, 6.45) is 1.99. The first-order valence-corrected chi connectivity index (χ1v) is 6.87. The highest BCUT2D eigenvalue weighted by Crippen LogP contribution is 2.33. The topological polar surface area (TPSA) is 38.3 Å². The molecule has 1 saturated carbocycles. The van der Waals surface area contributed by atoms with Crippen LogP contribution in [0, 0.1) is 12.8 Å². The Morgan fingerprint density at radius 2 is 1.95 bits per heavy atom. The fourth-order valence-electron chi connectivity index (χ4n) is 2.05. The predicted octanol–water partition coefficient (Wildman–Crippen LogP) is 4.14. The minimum atomic E-state index is 0.0882. The highest BCUT2D eigenvalue weighted by molar-refractivity contribution is 5.95. The zero-order valence-corrected chi connectivity index (χ0v) is 11.4. The van der Waals surface area contributed by atoms with E-state index in [1.54, 1.807) is 0 Å². The molecule has 1 amide bonds. The molecule has 2 aromatic carbocycles. The molecule has 3 heteroatoms. The number of para-hydroxylation sites is 2. The van der Waals surface area contributed by atoms with Crippen LogP contribution in [0.4, 0.5) is 5.69 Å². The summed E-state index contributed by atoms with van der Waals surface area (Å²) in [5.74, 6) is 1.72. The molecule has 3 nitrogen and oxygen atoms in total. The van der Waals surface area contributed by atoms with E-state index in [1.807, 2.05) is 55.5 Å². The van der Waals surface area contributed by atoms with Crippen LogP contribution in [0.2, 0.25) is 0 Å². The first-order chi connectivity index (χ1) is 9.72. The molecule has 1 N–H and O–H groups in total. The molecule has 0 atom stereocenters. The Hall–Kier alpha value is -2.29. The van der Waals surface area contributed by atoms with Crippen LogP contribution in [0.1, 0.15) is 18.4 Å². The Morgan fingerprint density at radius 3 is 2.70 bits per heavy atom. The molecule has 3 rings (SSSR count). The highest BCUT2D eigenvalue weighted by atomic mass is 16.5. The molecule has 2 aromatic rings. The van der Waals surface area contributed by atoms with Gasteiger partial charge in [0, 0.05) is 5.92 Å². The van der Waals surface area contributed by atoms with Crippen LogP contribution in [0.5, 0.6) is 11.5 Å². The average molecular weight is 267 g/mol. The molecule has 0 bridgehead atoms. The van der Waals surface area contributed by atoms with Crippen LogP contribution in [0.3, 0.4) is 0 Å². The van der Waals surface area contributed by atoms with Gasteiger partial charge in [0.2, 0.25) is 5.91 Å². The van der Waals surface area contributed by atoms with Gasteiger partial charge in [-0.25, -0.2) is 0 Å². The van der Waals surface area contributed by atoms with Gasteiger partial charge in [-0.2, -0.15) is 0 Å². The summed E-state index contributed by atoms with van der Waals surface area (Å²) in [6, 6.07) is 15.4. The smallest absolute Gasteiger partial charge is 0.227 e. The van der Waals surface area contributed by atoms with Crippen molar-refractivity contribution in [3.8, 4) is 11.5 Å². The van der Waals surface area contributed by atoms with Crippen LogP contribution in [-0.4, -0.2) is 5.91 Å². The lowest BCUT2D eigenvalue weighted by Crippen LogP contribution is -2.13. The van der Waals surface area contributed by atoms with Crippen LogP contribution in [-0.2, 0) is 4.79 Å². The van der Waals surface area contributed by atoms with Crippen molar-refractivity contribution in [3.05, 3.63) is 54.1 Å². The van der Waals surface area contributed by atoms with Crippen LogP contribution in [0.15, 0.2) is 48.5 Å². The molecular formula is C17H17NO2. The third kappa shape index (κ3) is 2.99. The normalized spacial score (nSPS) is 13.8. The molecule has 1 fully saturated rings. The second-order valence-electron chi connectivity index (χ2n) is 5.18. The van der Waals surface area contributed by atoms with Crippen molar-refractivity contribution in [1.82, 2.24) is 0 Å². The maximum absolute atomic E-state index is 11.9. The predicted molar refractivity (Wildman–Crippen MR) is 79.0 cm³/mol. The van der Waals surface area contributed by atoms with Crippen LogP contribution in [0.25, 0.3) is 0 Å². The summed E-state index contributed by atoms with van der Waals surface area (Å²) in [4.78, 5) is 11.9. The van der Waals surface area contributed by atoms with Crippen molar-refractivity contribution in [2.24, 2.45) is 5.92 Å². The number of amides is 1. The lowest BCUT2D eigenvalue weighted by molar-refractivity contribution is -0.117. The van der Waals surface area contributed by atoms with E-state index >= 15 is 0 Å². The molecule has 0 spiro atoms. The third-order valence-corrected chi connectivity index (χ3v) is 3.31. The Balaban J connectivity index is 1.80. The largest absolute Gasteiger partial charge is 0.455 e. The number of ether oxygens (including phenoxy) is 1. The second-order valence-corrected chi connectivity index (χ2v) is 5.18. The Labute approximate surface area is 118 Å². The van der Waals surface area contributed by atoms with Crippen molar-refractivity contribution in [2.45, 2.75) is 19.8 Å². The average Bonchev–Trinajstić information content (AvgIpc) is 3.25. The van der Waals surface area contributed by atoms with Gasteiger partial charge in [-0.1, -0.05) is 24.3 Å². The minimum Gasteiger partial charge on any atom is -0.455 e.